The van der Waals surface area contributed by atoms with Crippen LogP contribution in [0.4, 0.5) is 0 Å². The van der Waals surface area contributed by atoms with Crippen LogP contribution in [0.25, 0.3) is 0 Å². The highest BCUT2D eigenvalue weighted by Gasteiger charge is 2.35. The van der Waals surface area contributed by atoms with Gasteiger partial charge in [-0.2, -0.15) is 0 Å². The van der Waals surface area contributed by atoms with Gasteiger partial charge in [-0.25, -0.2) is 0 Å². The van der Waals surface area contributed by atoms with Crippen molar-refractivity contribution in [3.8, 4) is 0 Å². The standard InChI is InChI=1S/C14H21N3O2S/c1-10(16-13(19)11-5-4-8-20-11)12(18)17-14(9-15)6-2-3-7-14/h4-5,8,10H,2-3,6-7,9,15H2,1H3,(H,16,19)(H,17,18). The molecule has 4 N–H and O–H groups in total. The number of amides is 2. The van der Waals surface area contributed by atoms with E-state index in [0.29, 0.717) is 11.4 Å². The van der Waals surface area contributed by atoms with E-state index in [-0.39, 0.29) is 17.4 Å². The molecule has 0 aliphatic heterocycles. The Balaban J connectivity index is 1.90. The van der Waals surface area contributed by atoms with Crippen LogP contribution in [0.3, 0.4) is 0 Å². The largest absolute Gasteiger partial charge is 0.348 e. The molecule has 1 unspecified atom stereocenters. The second-order valence-corrected chi connectivity index (χ2v) is 6.30. The van der Waals surface area contributed by atoms with E-state index in [0.717, 1.165) is 25.7 Å². The second kappa shape index (κ2) is 6.37. The summed E-state index contributed by atoms with van der Waals surface area (Å²) >= 11 is 1.36. The Hall–Kier alpha value is -1.40. The maximum absolute atomic E-state index is 12.2. The van der Waals surface area contributed by atoms with Crippen LogP contribution >= 0.6 is 11.3 Å². The highest BCUT2D eigenvalue weighted by molar-refractivity contribution is 7.12. The summed E-state index contributed by atoms with van der Waals surface area (Å²) in [7, 11) is 0. The lowest BCUT2D eigenvalue weighted by atomic mass is 9.97. The van der Waals surface area contributed by atoms with Crippen LogP contribution in [0.15, 0.2) is 17.5 Å². The predicted octanol–water partition coefficient (Wildman–Crippen LogP) is 1.25. The smallest absolute Gasteiger partial charge is 0.261 e. The van der Waals surface area contributed by atoms with Gasteiger partial charge in [0.15, 0.2) is 0 Å². The van der Waals surface area contributed by atoms with Crippen LogP contribution in [0.2, 0.25) is 0 Å². The van der Waals surface area contributed by atoms with Crippen LogP contribution in [-0.2, 0) is 4.79 Å². The molecule has 1 fully saturated rings. The van der Waals surface area contributed by atoms with E-state index in [4.69, 9.17) is 5.73 Å². The Morgan fingerprint density at radius 3 is 2.70 bits per heavy atom. The van der Waals surface area contributed by atoms with Crippen molar-refractivity contribution < 1.29 is 9.59 Å². The molecule has 1 aromatic rings. The fraction of sp³-hybridized carbons (Fsp3) is 0.571. The van der Waals surface area contributed by atoms with Gasteiger partial charge in [0.05, 0.1) is 10.4 Å². The number of hydrogen-bond acceptors (Lipinski definition) is 4. The van der Waals surface area contributed by atoms with E-state index in [1.54, 1.807) is 13.0 Å². The molecule has 2 amide bonds. The fourth-order valence-corrected chi connectivity index (χ4v) is 3.17. The Bertz CT molecular complexity index is 467. The second-order valence-electron chi connectivity index (χ2n) is 5.35. The summed E-state index contributed by atoms with van der Waals surface area (Å²) in [6, 6.07) is 2.99. The first-order valence-electron chi connectivity index (χ1n) is 6.93. The normalized spacial score (nSPS) is 18.5. The van der Waals surface area contributed by atoms with E-state index in [9.17, 15) is 9.59 Å². The summed E-state index contributed by atoms with van der Waals surface area (Å²) in [5, 5.41) is 7.57. The van der Waals surface area contributed by atoms with Crippen molar-refractivity contribution in [1.29, 1.82) is 0 Å². The lowest BCUT2D eigenvalue weighted by molar-refractivity contribution is -0.124. The summed E-state index contributed by atoms with van der Waals surface area (Å²) in [5.41, 5.74) is 5.52. The third-order valence-corrected chi connectivity index (χ3v) is 4.69. The Morgan fingerprint density at radius 2 is 2.15 bits per heavy atom. The summed E-state index contributed by atoms with van der Waals surface area (Å²) in [6.45, 7) is 2.14. The maximum atomic E-state index is 12.2. The molecule has 1 aromatic heterocycles. The van der Waals surface area contributed by atoms with Gasteiger partial charge in [0.25, 0.3) is 5.91 Å². The van der Waals surface area contributed by atoms with Gasteiger partial charge in [0.2, 0.25) is 5.91 Å². The Kier molecular flexibility index (Phi) is 4.77. The van der Waals surface area contributed by atoms with E-state index in [2.05, 4.69) is 10.6 Å². The summed E-state index contributed by atoms with van der Waals surface area (Å²) in [5.74, 6) is -0.377. The molecule has 110 valence electrons. The molecule has 1 saturated carbocycles. The monoisotopic (exact) mass is 295 g/mol. The lowest BCUT2D eigenvalue weighted by Crippen LogP contribution is -2.56. The number of carbonyl (C=O) groups is 2. The van der Waals surface area contributed by atoms with Gasteiger partial charge in [-0.1, -0.05) is 18.9 Å². The number of hydrogen-bond donors (Lipinski definition) is 3. The third-order valence-electron chi connectivity index (χ3n) is 3.83. The first kappa shape index (κ1) is 15.0. The van der Waals surface area contributed by atoms with Gasteiger partial charge < -0.3 is 16.4 Å². The molecular weight excluding hydrogens is 274 g/mol. The average Bonchev–Trinajstić information content (AvgIpc) is 3.10. The minimum Gasteiger partial charge on any atom is -0.348 e. The average molecular weight is 295 g/mol. The van der Waals surface area contributed by atoms with E-state index in [1.165, 1.54) is 11.3 Å². The number of rotatable bonds is 5. The molecule has 5 nitrogen and oxygen atoms in total. The quantitative estimate of drug-likeness (QED) is 0.764. The number of nitrogens with two attached hydrogens (primary N) is 1. The highest BCUT2D eigenvalue weighted by Crippen LogP contribution is 2.28. The van der Waals surface area contributed by atoms with Crippen LogP contribution in [-0.4, -0.2) is 29.9 Å². The molecule has 6 heteroatoms. The van der Waals surface area contributed by atoms with Crippen molar-refractivity contribution in [3.05, 3.63) is 22.4 Å². The predicted molar refractivity (Wildman–Crippen MR) is 79.6 cm³/mol. The van der Waals surface area contributed by atoms with Crippen LogP contribution in [0, 0.1) is 0 Å². The molecule has 0 bridgehead atoms. The van der Waals surface area contributed by atoms with Crippen molar-refractivity contribution >= 4 is 23.2 Å². The molecular formula is C14H21N3O2S. The van der Waals surface area contributed by atoms with Crippen LogP contribution in [0.5, 0.6) is 0 Å². The van der Waals surface area contributed by atoms with Crippen LogP contribution < -0.4 is 16.4 Å². The maximum Gasteiger partial charge on any atom is 0.261 e. The first-order chi connectivity index (χ1) is 9.56. The van der Waals surface area contributed by atoms with Gasteiger partial charge in [0, 0.05) is 6.54 Å². The van der Waals surface area contributed by atoms with Crippen LogP contribution in [0.1, 0.15) is 42.3 Å². The van der Waals surface area contributed by atoms with Crippen molar-refractivity contribution in [2.75, 3.05) is 6.54 Å². The number of thiophene rings is 1. The molecule has 1 aliphatic rings. The Labute approximate surface area is 122 Å². The van der Waals surface area contributed by atoms with Crippen molar-refractivity contribution in [1.82, 2.24) is 10.6 Å². The van der Waals surface area contributed by atoms with Crippen molar-refractivity contribution in [3.63, 3.8) is 0 Å². The lowest BCUT2D eigenvalue weighted by Gasteiger charge is -2.30. The molecule has 1 atom stereocenters. The van der Waals surface area contributed by atoms with Gasteiger partial charge >= 0.3 is 0 Å². The zero-order chi connectivity index (χ0) is 14.6. The third kappa shape index (κ3) is 3.37. The SMILES string of the molecule is CC(NC(=O)c1cccs1)C(=O)NC1(CN)CCCC1. The van der Waals surface area contributed by atoms with Crippen molar-refractivity contribution in [2.45, 2.75) is 44.2 Å². The number of carbonyl (C=O) groups excluding carboxylic acids is 2. The zero-order valence-electron chi connectivity index (χ0n) is 11.6. The molecule has 0 aromatic carbocycles. The Morgan fingerprint density at radius 1 is 1.45 bits per heavy atom. The minimum absolute atomic E-state index is 0.165. The summed E-state index contributed by atoms with van der Waals surface area (Å²) < 4.78 is 0. The highest BCUT2D eigenvalue weighted by atomic mass is 32.1. The van der Waals surface area contributed by atoms with Gasteiger partial charge in [-0.15, -0.1) is 11.3 Å². The summed E-state index contributed by atoms with van der Waals surface area (Å²) in [4.78, 5) is 24.7. The topological polar surface area (TPSA) is 84.2 Å². The fourth-order valence-electron chi connectivity index (χ4n) is 2.54. The molecule has 2 rings (SSSR count). The molecule has 0 spiro atoms. The molecule has 1 aliphatic carbocycles. The van der Waals surface area contributed by atoms with Gasteiger partial charge in [0.1, 0.15) is 6.04 Å². The molecule has 1 heterocycles. The van der Waals surface area contributed by atoms with Gasteiger partial charge in [-0.05, 0) is 31.2 Å². The molecule has 20 heavy (non-hydrogen) atoms. The molecule has 0 saturated heterocycles. The minimum atomic E-state index is -0.561. The van der Waals surface area contributed by atoms with E-state index >= 15 is 0 Å². The van der Waals surface area contributed by atoms with E-state index in [1.807, 2.05) is 11.4 Å². The van der Waals surface area contributed by atoms with E-state index < -0.39 is 6.04 Å². The molecule has 0 radical (unpaired) electrons. The summed E-state index contributed by atoms with van der Waals surface area (Å²) in [6.07, 6.45) is 4.02. The first-order valence-corrected chi connectivity index (χ1v) is 7.81. The van der Waals surface area contributed by atoms with Gasteiger partial charge in [-0.3, -0.25) is 9.59 Å². The number of nitrogens with one attached hydrogen (secondary N) is 2. The van der Waals surface area contributed by atoms with Crippen molar-refractivity contribution in [2.24, 2.45) is 5.73 Å². The zero-order valence-corrected chi connectivity index (χ0v) is 12.5.